The molecule has 0 saturated heterocycles. The van der Waals surface area contributed by atoms with Crippen molar-refractivity contribution in [3.05, 3.63) is 122 Å². The van der Waals surface area contributed by atoms with Gasteiger partial charge in [0.05, 0.1) is 11.0 Å². The molecule has 0 bridgehead atoms. The second-order valence-electron chi connectivity index (χ2n) is 10.2. The van der Waals surface area contributed by atoms with E-state index in [-0.39, 0.29) is 0 Å². The zero-order valence-electron chi connectivity index (χ0n) is 21.3. The van der Waals surface area contributed by atoms with Gasteiger partial charge in [0.25, 0.3) is 0 Å². The Labute approximate surface area is 237 Å². The minimum Gasteiger partial charge on any atom is -0.252 e. The summed E-state index contributed by atoms with van der Waals surface area (Å²) in [7, 11) is 0. The number of hydrogen-bond donors (Lipinski definition) is 0. The van der Waals surface area contributed by atoms with Crippen LogP contribution in [0.2, 0.25) is 0 Å². The number of nitrogens with zero attached hydrogens (tertiary/aromatic N) is 2. The van der Waals surface area contributed by atoms with Gasteiger partial charge < -0.3 is 0 Å². The number of thiophene rings is 2. The van der Waals surface area contributed by atoms with Gasteiger partial charge in [0.2, 0.25) is 0 Å². The van der Waals surface area contributed by atoms with E-state index in [1.165, 1.54) is 62.2 Å². The number of benzene rings is 6. The zero-order chi connectivity index (χ0) is 26.2. The summed E-state index contributed by atoms with van der Waals surface area (Å²) in [6.45, 7) is 0. The Morgan fingerprint density at radius 1 is 0.375 bits per heavy atom. The predicted octanol–water partition coefficient (Wildman–Crippen LogP) is 10.9. The highest BCUT2D eigenvalue weighted by atomic mass is 32.1. The summed E-state index contributed by atoms with van der Waals surface area (Å²) in [5.74, 6) is 0. The fraction of sp³-hybridized carbons (Fsp3) is 0. The molecule has 186 valence electrons. The first-order valence-electron chi connectivity index (χ1n) is 13.3. The van der Waals surface area contributed by atoms with E-state index in [9.17, 15) is 0 Å². The highest BCUT2D eigenvalue weighted by Crippen LogP contribution is 2.45. The fourth-order valence-corrected chi connectivity index (χ4v) is 8.40. The van der Waals surface area contributed by atoms with Crippen LogP contribution >= 0.6 is 22.7 Å². The van der Waals surface area contributed by atoms with Crippen LogP contribution in [0.25, 0.3) is 84.4 Å². The standard InChI is InChI=1S/C36H20N2S2/c1-2-10-26-25(9-1)33(21-13-15-31-27(19-21)23-7-3-5-11-29(23)39-31)35-36(38-18-17-37-35)34(26)22-14-16-32-28(20-22)24-8-4-6-12-30(24)40-32/h1-20H. The van der Waals surface area contributed by atoms with E-state index in [1.807, 2.05) is 35.1 Å². The van der Waals surface area contributed by atoms with E-state index in [4.69, 9.17) is 9.97 Å². The average molecular weight is 545 g/mol. The third-order valence-corrected chi connectivity index (χ3v) is 10.3. The Balaban J connectivity index is 1.38. The van der Waals surface area contributed by atoms with Gasteiger partial charge in [-0.3, -0.25) is 9.97 Å². The smallest absolute Gasteiger partial charge is 0.0977 e. The molecule has 0 atom stereocenters. The molecule has 0 aliphatic rings. The van der Waals surface area contributed by atoms with Crippen molar-refractivity contribution >= 4 is 84.8 Å². The maximum Gasteiger partial charge on any atom is 0.0977 e. The molecule has 9 rings (SSSR count). The Hall–Kier alpha value is -4.64. The molecule has 0 aliphatic carbocycles. The van der Waals surface area contributed by atoms with Gasteiger partial charge >= 0.3 is 0 Å². The van der Waals surface area contributed by atoms with Crippen molar-refractivity contribution in [1.82, 2.24) is 9.97 Å². The lowest BCUT2D eigenvalue weighted by Crippen LogP contribution is -1.94. The SMILES string of the molecule is c1ccc2c(c1)sc1ccc(-c3c4ccccc4c(-c4ccc5sc6ccccc6c5c4)c4nccnc34)cc12. The Bertz CT molecular complexity index is 2220. The van der Waals surface area contributed by atoms with Gasteiger partial charge in [0, 0.05) is 63.9 Å². The largest absolute Gasteiger partial charge is 0.252 e. The van der Waals surface area contributed by atoms with Crippen LogP contribution in [0.4, 0.5) is 0 Å². The highest BCUT2D eigenvalue weighted by Gasteiger charge is 2.20. The summed E-state index contributed by atoms with van der Waals surface area (Å²) in [5.41, 5.74) is 6.49. The minimum atomic E-state index is 0.936. The summed E-state index contributed by atoms with van der Waals surface area (Å²) >= 11 is 3.70. The molecule has 0 saturated carbocycles. The maximum absolute atomic E-state index is 4.97. The van der Waals surface area contributed by atoms with Crippen LogP contribution in [0.3, 0.4) is 0 Å². The minimum absolute atomic E-state index is 0.936. The lowest BCUT2D eigenvalue weighted by molar-refractivity contribution is 1.30. The molecule has 3 aromatic heterocycles. The summed E-state index contributed by atoms with van der Waals surface area (Å²) in [5, 5.41) is 7.57. The summed E-state index contributed by atoms with van der Waals surface area (Å²) < 4.78 is 5.24. The molecule has 3 heterocycles. The highest BCUT2D eigenvalue weighted by molar-refractivity contribution is 7.26. The van der Waals surface area contributed by atoms with Crippen molar-refractivity contribution in [1.29, 1.82) is 0 Å². The van der Waals surface area contributed by atoms with Crippen LogP contribution in [-0.2, 0) is 0 Å². The third-order valence-electron chi connectivity index (χ3n) is 7.97. The molecule has 9 aromatic rings. The summed E-state index contributed by atoms with van der Waals surface area (Å²) in [4.78, 5) is 9.94. The van der Waals surface area contributed by atoms with E-state index in [0.29, 0.717) is 0 Å². The van der Waals surface area contributed by atoms with Crippen LogP contribution in [0.1, 0.15) is 0 Å². The lowest BCUT2D eigenvalue weighted by Gasteiger charge is -2.16. The average Bonchev–Trinajstić information content (AvgIpc) is 3.57. The Morgan fingerprint density at radius 2 is 0.775 bits per heavy atom. The second kappa shape index (κ2) is 8.43. The van der Waals surface area contributed by atoms with Gasteiger partial charge in [-0.05, 0) is 58.3 Å². The molecule has 0 aliphatic heterocycles. The molecule has 40 heavy (non-hydrogen) atoms. The second-order valence-corrected chi connectivity index (χ2v) is 12.3. The van der Waals surface area contributed by atoms with E-state index in [1.54, 1.807) is 0 Å². The summed E-state index contributed by atoms with van der Waals surface area (Å²) in [6.07, 6.45) is 3.64. The van der Waals surface area contributed by atoms with Crippen LogP contribution < -0.4 is 0 Å². The van der Waals surface area contributed by atoms with Gasteiger partial charge in [-0.1, -0.05) is 72.8 Å². The molecule has 0 radical (unpaired) electrons. The molecule has 0 amide bonds. The maximum atomic E-state index is 4.97. The van der Waals surface area contributed by atoms with Gasteiger partial charge in [-0.15, -0.1) is 22.7 Å². The first kappa shape index (κ1) is 22.2. The molecule has 6 aromatic carbocycles. The molecule has 2 nitrogen and oxygen atoms in total. The molecule has 4 heteroatoms. The van der Waals surface area contributed by atoms with Crippen molar-refractivity contribution in [3.63, 3.8) is 0 Å². The predicted molar refractivity (Wildman–Crippen MR) is 174 cm³/mol. The van der Waals surface area contributed by atoms with Gasteiger partial charge in [0.15, 0.2) is 0 Å². The van der Waals surface area contributed by atoms with Crippen molar-refractivity contribution < 1.29 is 0 Å². The molecule has 0 fully saturated rings. The number of rotatable bonds is 2. The van der Waals surface area contributed by atoms with E-state index >= 15 is 0 Å². The van der Waals surface area contributed by atoms with Crippen molar-refractivity contribution in [2.45, 2.75) is 0 Å². The topological polar surface area (TPSA) is 25.8 Å². The van der Waals surface area contributed by atoms with Crippen LogP contribution in [0.15, 0.2) is 122 Å². The van der Waals surface area contributed by atoms with Gasteiger partial charge in [-0.25, -0.2) is 0 Å². The van der Waals surface area contributed by atoms with Crippen LogP contribution in [0.5, 0.6) is 0 Å². The van der Waals surface area contributed by atoms with Crippen molar-refractivity contribution in [3.8, 4) is 22.3 Å². The van der Waals surface area contributed by atoms with Crippen LogP contribution in [-0.4, -0.2) is 9.97 Å². The molecular formula is C36H20N2S2. The molecule has 0 spiro atoms. The first-order valence-corrected chi connectivity index (χ1v) is 15.0. The third kappa shape index (κ3) is 3.15. The monoisotopic (exact) mass is 544 g/mol. The Morgan fingerprint density at radius 3 is 1.25 bits per heavy atom. The number of fused-ring (bicyclic) bond motifs is 8. The molecule has 0 N–H and O–H groups in total. The van der Waals surface area contributed by atoms with Gasteiger partial charge in [0.1, 0.15) is 0 Å². The van der Waals surface area contributed by atoms with Crippen molar-refractivity contribution in [2.75, 3.05) is 0 Å². The fourth-order valence-electron chi connectivity index (χ4n) is 6.23. The van der Waals surface area contributed by atoms with Crippen molar-refractivity contribution in [2.24, 2.45) is 0 Å². The number of hydrogen-bond acceptors (Lipinski definition) is 4. The molecular weight excluding hydrogens is 525 g/mol. The normalized spacial score (nSPS) is 12.0. The zero-order valence-corrected chi connectivity index (χ0v) is 22.9. The van der Waals surface area contributed by atoms with E-state index < -0.39 is 0 Å². The first-order chi connectivity index (χ1) is 19.8. The van der Waals surface area contributed by atoms with E-state index in [0.717, 1.165) is 22.2 Å². The van der Waals surface area contributed by atoms with Crippen LogP contribution in [0, 0.1) is 0 Å². The lowest BCUT2D eigenvalue weighted by atomic mass is 9.89. The quantitative estimate of drug-likeness (QED) is 0.202. The van der Waals surface area contributed by atoms with Gasteiger partial charge in [-0.2, -0.15) is 0 Å². The number of aromatic nitrogens is 2. The van der Waals surface area contributed by atoms with E-state index in [2.05, 4.69) is 109 Å². The Kier molecular flexibility index (Phi) is 4.68. The molecule has 0 unspecified atom stereocenters. The summed E-state index contributed by atoms with van der Waals surface area (Å²) in [6, 6.07) is 39.8.